The zero-order chi connectivity index (χ0) is 14.8. The SMILES string of the molecule is Cc1noc(CCNC2C3CCCC2CN(C(C)C)C3)n1. The molecule has 2 atom stereocenters. The van der Waals surface area contributed by atoms with E-state index in [9.17, 15) is 0 Å². The minimum atomic E-state index is 0.676. The molecule has 2 aliphatic rings. The van der Waals surface area contributed by atoms with Crippen LogP contribution >= 0.6 is 0 Å². The normalized spacial score (nSPS) is 30.0. The second-order valence-electron chi connectivity index (χ2n) is 6.96. The van der Waals surface area contributed by atoms with Gasteiger partial charge >= 0.3 is 0 Å². The number of aromatic nitrogens is 2. The Kier molecular flexibility index (Phi) is 4.60. The summed E-state index contributed by atoms with van der Waals surface area (Å²) in [7, 11) is 0. The van der Waals surface area contributed by atoms with E-state index in [-0.39, 0.29) is 0 Å². The monoisotopic (exact) mass is 292 g/mol. The van der Waals surface area contributed by atoms with Crippen molar-refractivity contribution in [1.29, 1.82) is 0 Å². The van der Waals surface area contributed by atoms with E-state index in [0.717, 1.165) is 36.5 Å². The molecule has 1 N–H and O–H groups in total. The first kappa shape index (κ1) is 15.0. The van der Waals surface area contributed by atoms with Crippen molar-refractivity contribution in [1.82, 2.24) is 20.4 Å². The van der Waals surface area contributed by atoms with Crippen LogP contribution in [0.3, 0.4) is 0 Å². The molecule has 0 aromatic carbocycles. The molecule has 1 aliphatic heterocycles. The van der Waals surface area contributed by atoms with Gasteiger partial charge in [0.25, 0.3) is 0 Å². The van der Waals surface area contributed by atoms with Crippen LogP contribution in [0, 0.1) is 18.8 Å². The van der Waals surface area contributed by atoms with Gasteiger partial charge in [0.05, 0.1) is 0 Å². The average Bonchev–Trinajstić information content (AvgIpc) is 2.83. The third-order valence-corrected chi connectivity index (χ3v) is 5.12. The van der Waals surface area contributed by atoms with Crippen molar-refractivity contribution in [3.8, 4) is 0 Å². The Bertz CT molecular complexity index is 445. The van der Waals surface area contributed by atoms with Crippen LogP contribution < -0.4 is 5.32 Å². The molecule has 1 aromatic heterocycles. The van der Waals surface area contributed by atoms with Crippen LogP contribution in [-0.2, 0) is 6.42 Å². The number of rotatable bonds is 5. The van der Waals surface area contributed by atoms with E-state index < -0.39 is 0 Å². The summed E-state index contributed by atoms with van der Waals surface area (Å²) in [6.07, 6.45) is 4.99. The molecule has 21 heavy (non-hydrogen) atoms. The van der Waals surface area contributed by atoms with Crippen molar-refractivity contribution >= 4 is 0 Å². The molecule has 2 heterocycles. The van der Waals surface area contributed by atoms with Gasteiger partial charge in [-0.25, -0.2) is 0 Å². The Morgan fingerprint density at radius 1 is 1.29 bits per heavy atom. The molecule has 2 unspecified atom stereocenters. The number of likely N-dealkylation sites (tertiary alicyclic amines) is 1. The highest BCUT2D eigenvalue weighted by Crippen LogP contribution is 2.35. The Balaban J connectivity index is 1.53. The number of aryl methyl sites for hydroxylation is 1. The zero-order valence-electron chi connectivity index (χ0n) is 13.5. The lowest BCUT2D eigenvalue weighted by Gasteiger charge is -2.49. The van der Waals surface area contributed by atoms with Gasteiger partial charge in [0.1, 0.15) is 0 Å². The zero-order valence-corrected chi connectivity index (χ0v) is 13.5. The quantitative estimate of drug-likeness (QED) is 0.900. The molecule has 1 saturated carbocycles. The number of nitrogens with zero attached hydrogens (tertiary/aromatic N) is 3. The second-order valence-corrected chi connectivity index (χ2v) is 6.96. The van der Waals surface area contributed by atoms with Crippen LogP contribution in [-0.4, -0.2) is 46.8 Å². The van der Waals surface area contributed by atoms with Crippen LogP contribution in [0.4, 0.5) is 0 Å². The number of fused-ring (bicyclic) bond motifs is 2. The Morgan fingerprint density at radius 2 is 2.00 bits per heavy atom. The van der Waals surface area contributed by atoms with Gasteiger partial charge in [-0.15, -0.1) is 0 Å². The van der Waals surface area contributed by atoms with Gasteiger partial charge < -0.3 is 14.7 Å². The van der Waals surface area contributed by atoms with Gasteiger partial charge in [0.15, 0.2) is 5.82 Å². The fourth-order valence-electron chi connectivity index (χ4n) is 4.02. The molecule has 2 fully saturated rings. The summed E-state index contributed by atoms with van der Waals surface area (Å²) in [5, 5.41) is 7.63. The molecule has 0 spiro atoms. The third-order valence-electron chi connectivity index (χ3n) is 5.12. The van der Waals surface area contributed by atoms with Crippen LogP contribution in [0.2, 0.25) is 0 Å². The Hall–Kier alpha value is -0.940. The van der Waals surface area contributed by atoms with Gasteiger partial charge in [0, 0.05) is 38.1 Å². The predicted octanol–water partition coefficient (Wildman–Crippen LogP) is 2.02. The first-order valence-electron chi connectivity index (χ1n) is 8.40. The topological polar surface area (TPSA) is 54.2 Å². The van der Waals surface area contributed by atoms with Crippen molar-refractivity contribution in [3.05, 3.63) is 11.7 Å². The summed E-state index contributed by atoms with van der Waals surface area (Å²) in [4.78, 5) is 6.94. The Morgan fingerprint density at radius 3 is 2.57 bits per heavy atom. The molecule has 2 bridgehead atoms. The van der Waals surface area contributed by atoms with Crippen molar-refractivity contribution in [2.75, 3.05) is 19.6 Å². The van der Waals surface area contributed by atoms with Gasteiger partial charge in [0.2, 0.25) is 5.89 Å². The van der Waals surface area contributed by atoms with Crippen LogP contribution in [0.25, 0.3) is 0 Å². The maximum Gasteiger partial charge on any atom is 0.227 e. The van der Waals surface area contributed by atoms with Crippen LogP contribution in [0.15, 0.2) is 4.52 Å². The first-order chi connectivity index (χ1) is 10.1. The van der Waals surface area contributed by atoms with E-state index in [1.54, 1.807) is 0 Å². The summed E-state index contributed by atoms with van der Waals surface area (Å²) in [6, 6.07) is 1.35. The fraction of sp³-hybridized carbons (Fsp3) is 0.875. The maximum atomic E-state index is 5.19. The molecule has 1 saturated heterocycles. The van der Waals surface area contributed by atoms with Crippen LogP contribution in [0.1, 0.15) is 44.8 Å². The molecule has 118 valence electrons. The first-order valence-corrected chi connectivity index (χ1v) is 8.40. The highest BCUT2D eigenvalue weighted by molar-refractivity contribution is 4.96. The van der Waals surface area contributed by atoms with Gasteiger partial charge in [-0.2, -0.15) is 4.98 Å². The third kappa shape index (κ3) is 3.46. The maximum absolute atomic E-state index is 5.19. The smallest absolute Gasteiger partial charge is 0.227 e. The number of hydrogen-bond donors (Lipinski definition) is 1. The molecule has 0 amide bonds. The highest BCUT2D eigenvalue weighted by atomic mass is 16.5. The number of hydrogen-bond acceptors (Lipinski definition) is 5. The van der Waals surface area contributed by atoms with E-state index in [0.29, 0.717) is 12.1 Å². The van der Waals surface area contributed by atoms with E-state index in [4.69, 9.17) is 4.52 Å². The Labute approximate surface area is 127 Å². The summed E-state index contributed by atoms with van der Waals surface area (Å²) in [5.74, 6) is 3.10. The van der Waals surface area contributed by atoms with Crippen molar-refractivity contribution in [2.24, 2.45) is 11.8 Å². The summed E-state index contributed by atoms with van der Waals surface area (Å²) >= 11 is 0. The lowest BCUT2D eigenvalue weighted by atomic mass is 9.73. The molecular weight excluding hydrogens is 264 g/mol. The number of nitrogens with one attached hydrogen (secondary N) is 1. The van der Waals surface area contributed by atoms with E-state index in [1.807, 2.05) is 6.92 Å². The van der Waals surface area contributed by atoms with E-state index in [2.05, 4.69) is 34.2 Å². The highest BCUT2D eigenvalue weighted by Gasteiger charge is 2.39. The number of piperidine rings is 1. The summed E-state index contributed by atoms with van der Waals surface area (Å²) < 4.78 is 5.19. The van der Waals surface area contributed by atoms with Crippen molar-refractivity contribution < 1.29 is 4.52 Å². The lowest BCUT2D eigenvalue weighted by Crippen LogP contribution is -2.58. The minimum Gasteiger partial charge on any atom is -0.339 e. The lowest BCUT2D eigenvalue weighted by molar-refractivity contribution is 0.0298. The summed E-state index contributed by atoms with van der Waals surface area (Å²) in [6.45, 7) is 9.97. The molecule has 3 rings (SSSR count). The fourth-order valence-corrected chi connectivity index (χ4v) is 4.02. The standard InChI is InChI=1S/C16H28N4O/c1-11(2)20-9-13-5-4-6-14(10-20)16(13)17-8-7-15-18-12(3)19-21-15/h11,13-14,16-17H,4-10H2,1-3H3. The second kappa shape index (κ2) is 6.44. The van der Waals surface area contributed by atoms with Gasteiger partial charge in [-0.3, -0.25) is 0 Å². The molecule has 0 radical (unpaired) electrons. The van der Waals surface area contributed by atoms with Crippen LogP contribution in [0.5, 0.6) is 0 Å². The van der Waals surface area contributed by atoms with Crippen molar-refractivity contribution in [2.45, 2.75) is 58.5 Å². The largest absolute Gasteiger partial charge is 0.339 e. The van der Waals surface area contributed by atoms with E-state index >= 15 is 0 Å². The van der Waals surface area contributed by atoms with Gasteiger partial charge in [-0.1, -0.05) is 11.6 Å². The van der Waals surface area contributed by atoms with E-state index in [1.165, 1.54) is 32.4 Å². The minimum absolute atomic E-state index is 0.676. The predicted molar refractivity (Wildman–Crippen MR) is 82.1 cm³/mol. The molecule has 1 aliphatic carbocycles. The van der Waals surface area contributed by atoms with Crippen molar-refractivity contribution in [3.63, 3.8) is 0 Å². The summed E-state index contributed by atoms with van der Waals surface area (Å²) in [5.41, 5.74) is 0. The average molecular weight is 292 g/mol. The molecule has 5 heteroatoms. The molecule has 5 nitrogen and oxygen atoms in total. The molecular formula is C16H28N4O. The van der Waals surface area contributed by atoms with Gasteiger partial charge in [-0.05, 0) is 45.4 Å². The molecule has 1 aromatic rings.